The lowest BCUT2D eigenvalue weighted by molar-refractivity contribution is -0.154. The van der Waals surface area contributed by atoms with Crippen LogP contribution in [-0.4, -0.2) is 31.5 Å². The van der Waals surface area contributed by atoms with Crippen molar-refractivity contribution in [2.24, 2.45) is 11.8 Å². The van der Waals surface area contributed by atoms with Gasteiger partial charge in [0.2, 0.25) is 5.91 Å². The van der Waals surface area contributed by atoms with Crippen LogP contribution in [-0.2, 0) is 14.3 Å². The van der Waals surface area contributed by atoms with E-state index in [-0.39, 0.29) is 11.8 Å². The van der Waals surface area contributed by atoms with Gasteiger partial charge in [0.05, 0.1) is 13.2 Å². The average molecular weight is 243 g/mol. The molecule has 4 heteroatoms. The van der Waals surface area contributed by atoms with Gasteiger partial charge < -0.3 is 14.8 Å². The smallest absolute Gasteiger partial charge is 0.222 e. The van der Waals surface area contributed by atoms with E-state index in [0.717, 1.165) is 12.8 Å². The molecule has 1 N–H and O–H groups in total. The molecule has 100 valence electrons. The summed E-state index contributed by atoms with van der Waals surface area (Å²) in [4.78, 5) is 11.6. The molecule has 17 heavy (non-hydrogen) atoms. The van der Waals surface area contributed by atoms with E-state index in [0.29, 0.717) is 25.7 Å². The quantitative estimate of drug-likeness (QED) is 0.775. The minimum atomic E-state index is -0.458. The predicted octanol–water partition coefficient (Wildman–Crippen LogP) is 1.94. The second-order valence-electron chi connectivity index (χ2n) is 5.19. The van der Waals surface area contributed by atoms with Crippen LogP contribution in [0.4, 0.5) is 0 Å². The zero-order valence-electron chi connectivity index (χ0n) is 11.4. The minimum absolute atomic E-state index is 0.0942. The summed E-state index contributed by atoms with van der Waals surface area (Å²) in [5.74, 6) is 0.126. The van der Waals surface area contributed by atoms with Gasteiger partial charge in [-0.1, -0.05) is 20.8 Å². The Balaban J connectivity index is 2.25. The van der Waals surface area contributed by atoms with Gasteiger partial charge in [0, 0.05) is 18.9 Å². The second-order valence-corrected chi connectivity index (χ2v) is 5.19. The number of rotatable bonds is 6. The summed E-state index contributed by atoms with van der Waals surface area (Å²) in [6.45, 7) is 10.1. The first-order valence-electron chi connectivity index (χ1n) is 6.52. The molecule has 1 saturated heterocycles. The van der Waals surface area contributed by atoms with Crippen LogP contribution in [0.5, 0.6) is 0 Å². The van der Waals surface area contributed by atoms with Gasteiger partial charge in [0.1, 0.15) is 0 Å². The fraction of sp³-hybridized carbons (Fsp3) is 0.923. The number of hydrogen-bond donors (Lipinski definition) is 1. The molecule has 0 radical (unpaired) electrons. The van der Waals surface area contributed by atoms with Crippen molar-refractivity contribution in [3.8, 4) is 0 Å². The summed E-state index contributed by atoms with van der Waals surface area (Å²) in [5, 5.41) is 2.97. The largest absolute Gasteiger partial charge is 0.356 e. The van der Waals surface area contributed by atoms with Crippen molar-refractivity contribution in [3.05, 3.63) is 0 Å². The normalized spacial score (nSPS) is 22.1. The van der Waals surface area contributed by atoms with E-state index in [1.807, 2.05) is 20.8 Å². The Morgan fingerprint density at radius 3 is 2.47 bits per heavy atom. The number of carbonyl (C=O) groups is 1. The highest BCUT2D eigenvalue weighted by Crippen LogP contribution is 2.26. The SMILES string of the molecule is CC[C@@H](C)C(=O)NC[C@H](C)CC1(C)OCCO1. The van der Waals surface area contributed by atoms with Crippen LogP contribution in [0.1, 0.15) is 40.5 Å². The summed E-state index contributed by atoms with van der Waals surface area (Å²) in [5.41, 5.74) is 0. The Labute approximate surface area is 104 Å². The molecule has 1 heterocycles. The third kappa shape index (κ3) is 4.64. The minimum Gasteiger partial charge on any atom is -0.356 e. The van der Waals surface area contributed by atoms with Crippen molar-refractivity contribution in [3.63, 3.8) is 0 Å². The third-order valence-corrected chi connectivity index (χ3v) is 3.30. The van der Waals surface area contributed by atoms with Gasteiger partial charge in [0.25, 0.3) is 0 Å². The van der Waals surface area contributed by atoms with Crippen molar-refractivity contribution in [1.82, 2.24) is 5.32 Å². The molecule has 1 rings (SSSR count). The van der Waals surface area contributed by atoms with Crippen molar-refractivity contribution < 1.29 is 14.3 Å². The molecule has 0 aromatic heterocycles. The van der Waals surface area contributed by atoms with E-state index in [4.69, 9.17) is 9.47 Å². The number of hydrogen-bond acceptors (Lipinski definition) is 3. The Morgan fingerprint density at radius 2 is 1.94 bits per heavy atom. The van der Waals surface area contributed by atoms with Crippen LogP contribution in [0.2, 0.25) is 0 Å². The Morgan fingerprint density at radius 1 is 1.35 bits per heavy atom. The number of carbonyl (C=O) groups excluding carboxylic acids is 1. The van der Waals surface area contributed by atoms with E-state index in [9.17, 15) is 4.79 Å². The van der Waals surface area contributed by atoms with Gasteiger partial charge in [-0.25, -0.2) is 0 Å². The highest BCUT2D eigenvalue weighted by molar-refractivity contribution is 5.78. The van der Waals surface area contributed by atoms with Gasteiger partial charge in [-0.3, -0.25) is 4.79 Å². The van der Waals surface area contributed by atoms with E-state index < -0.39 is 5.79 Å². The molecular formula is C13H25NO3. The van der Waals surface area contributed by atoms with Crippen molar-refractivity contribution in [2.45, 2.75) is 46.3 Å². The zero-order chi connectivity index (χ0) is 12.9. The lowest BCUT2D eigenvalue weighted by Gasteiger charge is -2.26. The molecule has 0 aromatic carbocycles. The predicted molar refractivity (Wildman–Crippen MR) is 66.6 cm³/mol. The maximum absolute atomic E-state index is 11.6. The fourth-order valence-corrected chi connectivity index (χ4v) is 2.01. The van der Waals surface area contributed by atoms with Crippen LogP contribution in [0.3, 0.4) is 0 Å². The Bertz CT molecular complexity index is 249. The first-order valence-corrected chi connectivity index (χ1v) is 6.52. The van der Waals surface area contributed by atoms with E-state index in [2.05, 4.69) is 12.2 Å². The van der Waals surface area contributed by atoms with E-state index in [1.54, 1.807) is 0 Å². The third-order valence-electron chi connectivity index (χ3n) is 3.30. The van der Waals surface area contributed by atoms with Crippen molar-refractivity contribution in [1.29, 1.82) is 0 Å². The maximum atomic E-state index is 11.6. The molecule has 0 bridgehead atoms. The number of amides is 1. The molecule has 0 aromatic rings. The lowest BCUT2D eigenvalue weighted by Crippen LogP contribution is -2.36. The maximum Gasteiger partial charge on any atom is 0.222 e. The van der Waals surface area contributed by atoms with Gasteiger partial charge in [-0.05, 0) is 19.3 Å². The molecule has 1 amide bonds. The summed E-state index contributed by atoms with van der Waals surface area (Å²) < 4.78 is 11.1. The first kappa shape index (κ1) is 14.5. The van der Waals surface area contributed by atoms with Gasteiger partial charge in [-0.15, -0.1) is 0 Å². The molecule has 4 nitrogen and oxygen atoms in total. The van der Waals surface area contributed by atoms with Crippen LogP contribution in [0.25, 0.3) is 0 Å². The van der Waals surface area contributed by atoms with Crippen LogP contribution < -0.4 is 5.32 Å². The highest BCUT2D eigenvalue weighted by atomic mass is 16.7. The standard InChI is InChI=1S/C13H25NO3/c1-5-11(3)12(15)14-9-10(2)8-13(4)16-6-7-17-13/h10-11H,5-9H2,1-4H3,(H,14,15)/t10-,11-/m1/s1. The monoisotopic (exact) mass is 243 g/mol. The summed E-state index contributed by atoms with van der Waals surface area (Å²) in [6, 6.07) is 0. The molecule has 1 fully saturated rings. The Kier molecular flexibility index (Phi) is 5.40. The molecule has 2 atom stereocenters. The zero-order valence-corrected chi connectivity index (χ0v) is 11.4. The van der Waals surface area contributed by atoms with Gasteiger partial charge in [-0.2, -0.15) is 0 Å². The van der Waals surface area contributed by atoms with E-state index in [1.165, 1.54) is 0 Å². The van der Waals surface area contributed by atoms with Crippen molar-refractivity contribution >= 4 is 5.91 Å². The average Bonchev–Trinajstić information content (AvgIpc) is 2.71. The highest BCUT2D eigenvalue weighted by Gasteiger charge is 2.32. The molecule has 1 aliphatic rings. The van der Waals surface area contributed by atoms with Gasteiger partial charge >= 0.3 is 0 Å². The number of ether oxygens (including phenoxy) is 2. The van der Waals surface area contributed by atoms with Crippen LogP contribution in [0.15, 0.2) is 0 Å². The Hall–Kier alpha value is -0.610. The molecule has 0 unspecified atom stereocenters. The molecule has 0 spiro atoms. The molecule has 0 saturated carbocycles. The van der Waals surface area contributed by atoms with Gasteiger partial charge in [0.15, 0.2) is 5.79 Å². The molecule has 0 aliphatic carbocycles. The molecular weight excluding hydrogens is 218 g/mol. The first-order chi connectivity index (χ1) is 7.97. The number of nitrogens with one attached hydrogen (secondary N) is 1. The fourth-order valence-electron chi connectivity index (χ4n) is 2.01. The van der Waals surface area contributed by atoms with Crippen LogP contribution in [0, 0.1) is 11.8 Å². The summed E-state index contributed by atoms with van der Waals surface area (Å²) in [6.07, 6.45) is 1.69. The van der Waals surface area contributed by atoms with E-state index >= 15 is 0 Å². The lowest BCUT2D eigenvalue weighted by atomic mass is 10.0. The topological polar surface area (TPSA) is 47.6 Å². The van der Waals surface area contributed by atoms with Crippen LogP contribution >= 0.6 is 0 Å². The van der Waals surface area contributed by atoms with Crippen molar-refractivity contribution in [2.75, 3.05) is 19.8 Å². The second kappa shape index (κ2) is 6.36. The summed E-state index contributed by atoms with van der Waals surface area (Å²) >= 11 is 0. The summed E-state index contributed by atoms with van der Waals surface area (Å²) in [7, 11) is 0. The molecule has 1 aliphatic heterocycles.